The number of non-ortho nitro benzene ring substituents is 1. The summed E-state index contributed by atoms with van der Waals surface area (Å²) in [4.78, 5) is 21.6. The maximum atomic E-state index is 11.4. The second-order valence-electron chi connectivity index (χ2n) is 4.14. The molecule has 1 N–H and O–H groups in total. The number of hydrazone groups is 1. The summed E-state index contributed by atoms with van der Waals surface area (Å²) in [5.74, 6) is -0.814. The first-order chi connectivity index (χ1) is 10.4. The molecule has 1 amide bonds. The Hall–Kier alpha value is -3.15. The molecule has 0 aliphatic carbocycles. The Morgan fingerprint density at radius 2 is 2.32 bits per heavy atom. The normalized spacial score (nSPS) is 10.2. The zero-order chi connectivity index (χ0) is 16.7. The number of phenols is 1. The summed E-state index contributed by atoms with van der Waals surface area (Å²) >= 11 is 0. The van der Waals surface area contributed by atoms with Gasteiger partial charge in [-0.1, -0.05) is 0 Å². The minimum absolute atomic E-state index is 0.0225. The largest absolute Gasteiger partial charge is 0.504 e. The Bertz CT molecular complexity index is 651. The highest BCUT2D eigenvalue weighted by atomic mass is 16.6. The molecule has 1 aromatic carbocycles. The van der Waals surface area contributed by atoms with Gasteiger partial charge in [0, 0.05) is 18.6 Å². The number of rotatable bonds is 6. The molecule has 0 saturated carbocycles. The molecule has 1 rings (SSSR count). The van der Waals surface area contributed by atoms with E-state index in [0.29, 0.717) is 0 Å². The Morgan fingerprint density at radius 3 is 2.82 bits per heavy atom. The van der Waals surface area contributed by atoms with E-state index in [0.717, 1.165) is 23.4 Å². The molecular formula is C13H14N4O5. The lowest BCUT2D eigenvalue weighted by atomic mass is 10.2. The number of hydrogen-bond donors (Lipinski definition) is 1. The van der Waals surface area contributed by atoms with E-state index < -0.39 is 10.8 Å². The molecule has 9 heteroatoms. The number of nitrogens with zero attached hydrogens (tertiary/aromatic N) is 4. The van der Waals surface area contributed by atoms with Crippen molar-refractivity contribution in [2.75, 3.05) is 13.7 Å². The molecule has 0 spiro atoms. The highest BCUT2D eigenvalue weighted by Gasteiger charge is 2.16. The van der Waals surface area contributed by atoms with E-state index in [9.17, 15) is 20.0 Å². The van der Waals surface area contributed by atoms with Crippen molar-refractivity contribution >= 4 is 17.8 Å². The van der Waals surface area contributed by atoms with E-state index in [1.165, 1.54) is 14.0 Å². The van der Waals surface area contributed by atoms with Crippen LogP contribution in [0.1, 0.15) is 18.9 Å². The average molecular weight is 306 g/mol. The number of benzene rings is 1. The van der Waals surface area contributed by atoms with Crippen LogP contribution in [0.2, 0.25) is 0 Å². The fourth-order valence-corrected chi connectivity index (χ4v) is 1.56. The molecule has 22 heavy (non-hydrogen) atoms. The number of carbonyl (C=O) groups excluding carboxylic acids is 1. The summed E-state index contributed by atoms with van der Waals surface area (Å²) in [5.41, 5.74) is -0.267. The molecule has 0 aliphatic heterocycles. The van der Waals surface area contributed by atoms with E-state index >= 15 is 0 Å². The number of nitriles is 1. The SMILES string of the molecule is COc1cc([N+](=O)[O-])cc(/C=N/N(CCC#N)C(C)=O)c1O. The van der Waals surface area contributed by atoms with Crippen LogP contribution in [-0.2, 0) is 4.79 Å². The monoisotopic (exact) mass is 306 g/mol. The van der Waals surface area contributed by atoms with Gasteiger partial charge in [-0.25, -0.2) is 5.01 Å². The number of hydrogen-bond acceptors (Lipinski definition) is 7. The van der Waals surface area contributed by atoms with Gasteiger partial charge in [-0.3, -0.25) is 14.9 Å². The predicted octanol–water partition coefficient (Wildman–Crippen LogP) is 1.41. The van der Waals surface area contributed by atoms with Gasteiger partial charge >= 0.3 is 0 Å². The van der Waals surface area contributed by atoms with Crippen molar-refractivity contribution in [3.63, 3.8) is 0 Å². The third kappa shape index (κ3) is 4.17. The number of nitro benzene ring substituents is 1. The number of carbonyl (C=O) groups is 1. The van der Waals surface area contributed by atoms with Crippen molar-refractivity contribution in [3.05, 3.63) is 27.8 Å². The maximum Gasteiger partial charge on any atom is 0.274 e. The van der Waals surface area contributed by atoms with Crippen molar-refractivity contribution in [3.8, 4) is 17.6 Å². The molecule has 0 unspecified atom stereocenters. The van der Waals surface area contributed by atoms with Gasteiger partial charge < -0.3 is 9.84 Å². The van der Waals surface area contributed by atoms with E-state index in [4.69, 9.17) is 10.00 Å². The lowest BCUT2D eigenvalue weighted by Crippen LogP contribution is -2.24. The van der Waals surface area contributed by atoms with E-state index in [1.54, 1.807) is 0 Å². The Balaban J connectivity index is 3.17. The zero-order valence-electron chi connectivity index (χ0n) is 12.0. The Morgan fingerprint density at radius 1 is 1.64 bits per heavy atom. The highest BCUT2D eigenvalue weighted by molar-refractivity contribution is 5.87. The number of nitro groups is 1. The van der Waals surface area contributed by atoms with Crippen molar-refractivity contribution in [1.29, 1.82) is 5.26 Å². The van der Waals surface area contributed by atoms with Crippen LogP contribution in [0.15, 0.2) is 17.2 Å². The van der Waals surface area contributed by atoms with Crippen molar-refractivity contribution in [1.82, 2.24) is 5.01 Å². The molecule has 0 heterocycles. The molecule has 0 fully saturated rings. The van der Waals surface area contributed by atoms with Crippen LogP contribution in [0.5, 0.6) is 11.5 Å². The Labute approximate surface area is 126 Å². The number of ether oxygens (including phenoxy) is 1. The third-order valence-corrected chi connectivity index (χ3v) is 2.66. The number of phenolic OH excluding ortho intramolecular Hbond substituents is 1. The van der Waals surface area contributed by atoms with Gasteiger partial charge in [-0.15, -0.1) is 0 Å². The van der Waals surface area contributed by atoms with Gasteiger partial charge in [0.25, 0.3) is 5.69 Å². The molecule has 0 aliphatic rings. The maximum absolute atomic E-state index is 11.4. The van der Waals surface area contributed by atoms with Crippen LogP contribution >= 0.6 is 0 Å². The van der Waals surface area contributed by atoms with Gasteiger partial charge in [-0.2, -0.15) is 10.4 Å². The predicted molar refractivity (Wildman–Crippen MR) is 76.5 cm³/mol. The molecule has 1 aromatic rings. The summed E-state index contributed by atoms with van der Waals surface area (Å²) in [6, 6.07) is 4.05. The second kappa shape index (κ2) is 7.58. The lowest BCUT2D eigenvalue weighted by molar-refractivity contribution is -0.385. The molecule has 0 aromatic heterocycles. The number of aromatic hydroxyl groups is 1. The standard InChI is InChI=1S/C13H14N4O5/c1-9(18)16(5-3-4-14)15-8-10-6-11(17(20)21)7-12(22-2)13(10)19/h6-8,19H,3,5H2,1-2H3/b15-8+. The lowest BCUT2D eigenvalue weighted by Gasteiger charge is -2.13. The van der Waals surface area contributed by atoms with E-state index in [2.05, 4.69) is 5.10 Å². The van der Waals surface area contributed by atoms with Gasteiger partial charge in [0.15, 0.2) is 11.5 Å². The minimum atomic E-state index is -0.641. The van der Waals surface area contributed by atoms with Gasteiger partial charge in [0.2, 0.25) is 5.91 Å². The Kier molecular flexibility index (Phi) is 5.83. The summed E-state index contributed by atoms with van der Waals surface area (Å²) in [6.45, 7) is 1.34. The summed E-state index contributed by atoms with van der Waals surface area (Å²) in [5, 5.41) is 34.2. The quantitative estimate of drug-likeness (QED) is 0.480. The van der Waals surface area contributed by atoms with Gasteiger partial charge in [-0.05, 0) is 0 Å². The van der Waals surface area contributed by atoms with Crippen LogP contribution in [0, 0.1) is 21.4 Å². The van der Waals surface area contributed by atoms with Crippen LogP contribution in [-0.4, -0.2) is 40.8 Å². The highest BCUT2D eigenvalue weighted by Crippen LogP contribution is 2.33. The molecule has 0 radical (unpaired) electrons. The average Bonchev–Trinajstić information content (AvgIpc) is 2.48. The van der Waals surface area contributed by atoms with Gasteiger partial charge in [0.05, 0.1) is 43.3 Å². The first kappa shape index (κ1) is 16.9. The fourth-order valence-electron chi connectivity index (χ4n) is 1.56. The third-order valence-electron chi connectivity index (χ3n) is 2.66. The molecule has 0 atom stereocenters. The first-order valence-electron chi connectivity index (χ1n) is 6.15. The molecular weight excluding hydrogens is 292 g/mol. The number of amides is 1. The zero-order valence-corrected chi connectivity index (χ0v) is 12.0. The van der Waals surface area contributed by atoms with Crippen molar-refractivity contribution in [2.24, 2.45) is 5.10 Å². The van der Waals surface area contributed by atoms with E-state index in [1.807, 2.05) is 6.07 Å². The van der Waals surface area contributed by atoms with E-state index in [-0.39, 0.29) is 35.7 Å². The van der Waals surface area contributed by atoms with Gasteiger partial charge in [0.1, 0.15) is 0 Å². The smallest absolute Gasteiger partial charge is 0.274 e. The molecule has 116 valence electrons. The fraction of sp³-hybridized carbons (Fsp3) is 0.308. The summed E-state index contributed by atoms with van der Waals surface area (Å²) < 4.78 is 4.86. The molecule has 0 saturated heterocycles. The molecule has 9 nitrogen and oxygen atoms in total. The topological polar surface area (TPSA) is 129 Å². The van der Waals surface area contributed by atoms with Crippen LogP contribution in [0.3, 0.4) is 0 Å². The van der Waals surface area contributed by atoms with Crippen LogP contribution in [0.4, 0.5) is 5.69 Å². The van der Waals surface area contributed by atoms with Crippen LogP contribution < -0.4 is 4.74 Å². The van der Waals surface area contributed by atoms with Crippen molar-refractivity contribution in [2.45, 2.75) is 13.3 Å². The summed E-state index contributed by atoms with van der Waals surface area (Å²) in [6.07, 6.45) is 1.19. The first-order valence-corrected chi connectivity index (χ1v) is 6.15. The minimum Gasteiger partial charge on any atom is -0.504 e. The van der Waals surface area contributed by atoms with Crippen LogP contribution in [0.25, 0.3) is 0 Å². The second-order valence-corrected chi connectivity index (χ2v) is 4.14. The summed E-state index contributed by atoms with van der Waals surface area (Å²) in [7, 11) is 1.26. The van der Waals surface area contributed by atoms with Crippen molar-refractivity contribution < 1.29 is 19.6 Å². The number of methoxy groups -OCH3 is 1. The molecule has 0 bridgehead atoms.